The maximum Gasteiger partial charge on any atom is 0.238 e. The summed E-state index contributed by atoms with van der Waals surface area (Å²) in [6, 6.07) is 7.44. The Kier molecular flexibility index (Phi) is 3.94. The van der Waals surface area contributed by atoms with Gasteiger partial charge in [0.1, 0.15) is 5.75 Å². The first-order valence-electron chi connectivity index (χ1n) is 4.34. The second-order valence-electron chi connectivity index (χ2n) is 2.83. The van der Waals surface area contributed by atoms with Gasteiger partial charge in [-0.2, -0.15) is 0 Å². The minimum absolute atomic E-state index is 0.0687. The lowest BCUT2D eigenvalue weighted by atomic mass is 10.1. The van der Waals surface area contributed by atoms with Crippen LogP contribution >= 0.6 is 0 Å². The molecule has 1 rings (SSSR count). The van der Waals surface area contributed by atoms with Gasteiger partial charge in [-0.05, 0) is 17.7 Å². The Labute approximate surface area is 83.2 Å². The Hall–Kier alpha value is -1.55. The molecule has 0 saturated heterocycles. The van der Waals surface area contributed by atoms with Gasteiger partial charge in [-0.1, -0.05) is 12.1 Å². The third-order valence-electron chi connectivity index (χ3n) is 1.76. The molecule has 0 radical (unpaired) electrons. The van der Waals surface area contributed by atoms with Crippen molar-refractivity contribution in [1.82, 2.24) is 10.9 Å². The fourth-order valence-corrected chi connectivity index (χ4v) is 1.15. The normalized spacial score (nSPS) is 9.57. The lowest BCUT2D eigenvalue weighted by molar-refractivity contribution is -0.121. The predicted molar refractivity (Wildman–Crippen MR) is 53.9 cm³/mol. The third kappa shape index (κ3) is 3.06. The van der Waals surface area contributed by atoms with E-state index in [1.807, 2.05) is 24.3 Å². The van der Waals surface area contributed by atoms with Crippen molar-refractivity contribution in [3.05, 3.63) is 29.8 Å². The van der Waals surface area contributed by atoms with Crippen LogP contribution in [0.3, 0.4) is 0 Å². The molecule has 0 aromatic heterocycles. The number of carbonyl (C=O) groups excluding carboxylic acids is 1. The number of hydrazine groups is 1. The van der Waals surface area contributed by atoms with Gasteiger partial charge in [-0.3, -0.25) is 10.2 Å². The first-order chi connectivity index (χ1) is 6.76. The Morgan fingerprint density at radius 2 is 2.29 bits per heavy atom. The highest BCUT2D eigenvalue weighted by Crippen LogP contribution is 2.12. The van der Waals surface area contributed by atoms with Crippen molar-refractivity contribution in [2.45, 2.75) is 6.42 Å². The van der Waals surface area contributed by atoms with Crippen LogP contribution in [0.1, 0.15) is 5.56 Å². The van der Waals surface area contributed by atoms with Crippen LogP contribution < -0.4 is 15.6 Å². The zero-order valence-electron chi connectivity index (χ0n) is 8.33. The van der Waals surface area contributed by atoms with Crippen LogP contribution in [0.4, 0.5) is 0 Å². The number of benzene rings is 1. The van der Waals surface area contributed by atoms with E-state index in [2.05, 4.69) is 10.9 Å². The summed E-state index contributed by atoms with van der Waals surface area (Å²) in [5, 5.41) is 0. The van der Waals surface area contributed by atoms with Crippen molar-refractivity contribution >= 4 is 5.91 Å². The number of hydrogen-bond donors (Lipinski definition) is 2. The number of ether oxygens (including phenoxy) is 1. The minimum Gasteiger partial charge on any atom is -0.497 e. The molecule has 0 atom stereocenters. The van der Waals surface area contributed by atoms with Gasteiger partial charge >= 0.3 is 0 Å². The monoisotopic (exact) mass is 194 g/mol. The highest BCUT2D eigenvalue weighted by Gasteiger charge is 2.02. The van der Waals surface area contributed by atoms with E-state index in [0.717, 1.165) is 11.3 Å². The van der Waals surface area contributed by atoms with Crippen LogP contribution in [0, 0.1) is 0 Å². The summed E-state index contributed by atoms with van der Waals surface area (Å²) in [7, 11) is 3.26. The summed E-state index contributed by atoms with van der Waals surface area (Å²) < 4.78 is 5.05. The molecule has 2 N–H and O–H groups in total. The maximum absolute atomic E-state index is 11.2. The van der Waals surface area contributed by atoms with E-state index in [1.165, 1.54) is 0 Å². The SMILES string of the molecule is CNNC(=O)Cc1cccc(OC)c1. The fraction of sp³-hybridized carbons (Fsp3) is 0.300. The molecule has 0 unspecified atom stereocenters. The first-order valence-corrected chi connectivity index (χ1v) is 4.34. The van der Waals surface area contributed by atoms with Crippen molar-refractivity contribution in [1.29, 1.82) is 0 Å². The van der Waals surface area contributed by atoms with Crippen LogP contribution in [0.25, 0.3) is 0 Å². The van der Waals surface area contributed by atoms with E-state index in [-0.39, 0.29) is 5.91 Å². The molecular weight excluding hydrogens is 180 g/mol. The second kappa shape index (κ2) is 5.24. The number of carbonyl (C=O) groups is 1. The lowest BCUT2D eigenvalue weighted by Crippen LogP contribution is -2.35. The molecule has 4 heteroatoms. The molecule has 0 spiro atoms. The lowest BCUT2D eigenvalue weighted by Gasteiger charge is -2.04. The Morgan fingerprint density at radius 1 is 1.50 bits per heavy atom. The molecule has 0 fully saturated rings. The van der Waals surface area contributed by atoms with E-state index in [9.17, 15) is 4.79 Å². The van der Waals surface area contributed by atoms with Crippen molar-refractivity contribution < 1.29 is 9.53 Å². The van der Waals surface area contributed by atoms with Gasteiger partial charge in [0.2, 0.25) is 5.91 Å². The molecule has 1 amide bonds. The number of amides is 1. The summed E-state index contributed by atoms with van der Waals surface area (Å²) in [4.78, 5) is 11.2. The van der Waals surface area contributed by atoms with Crippen molar-refractivity contribution in [2.24, 2.45) is 0 Å². The Morgan fingerprint density at radius 3 is 2.93 bits per heavy atom. The molecule has 76 valence electrons. The van der Waals surface area contributed by atoms with Crippen molar-refractivity contribution in [2.75, 3.05) is 14.2 Å². The molecule has 0 bridgehead atoms. The number of rotatable bonds is 4. The molecule has 1 aromatic carbocycles. The largest absolute Gasteiger partial charge is 0.497 e. The number of nitrogens with one attached hydrogen (secondary N) is 2. The zero-order valence-corrected chi connectivity index (χ0v) is 8.33. The predicted octanol–water partition coefficient (Wildman–Crippen LogP) is 0.488. The molecule has 4 nitrogen and oxygen atoms in total. The van der Waals surface area contributed by atoms with Crippen LogP contribution in [0.2, 0.25) is 0 Å². The van der Waals surface area contributed by atoms with Crippen LogP contribution in [0.15, 0.2) is 24.3 Å². The van der Waals surface area contributed by atoms with Crippen molar-refractivity contribution in [3.63, 3.8) is 0 Å². The smallest absolute Gasteiger partial charge is 0.238 e. The fourth-order valence-electron chi connectivity index (χ4n) is 1.15. The van der Waals surface area contributed by atoms with E-state index in [4.69, 9.17) is 4.74 Å². The summed E-state index contributed by atoms with van der Waals surface area (Å²) in [5.41, 5.74) is 6.02. The van der Waals surface area contributed by atoms with E-state index in [0.29, 0.717) is 6.42 Å². The molecule has 0 aliphatic rings. The van der Waals surface area contributed by atoms with Gasteiger partial charge in [0.15, 0.2) is 0 Å². The molecular formula is C10H14N2O2. The molecule has 0 aliphatic carbocycles. The van der Waals surface area contributed by atoms with Crippen molar-refractivity contribution in [3.8, 4) is 5.75 Å². The van der Waals surface area contributed by atoms with E-state index >= 15 is 0 Å². The Balaban J connectivity index is 2.62. The average Bonchev–Trinajstić information content (AvgIpc) is 2.18. The quantitative estimate of drug-likeness (QED) is 0.686. The summed E-state index contributed by atoms with van der Waals surface area (Å²) >= 11 is 0. The topological polar surface area (TPSA) is 50.4 Å². The standard InChI is InChI=1S/C10H14N2O2/c1-11-12-10(13)7-8-4-3-5-9(6-8)14-2/h3-6,11H,7H2,1-2H3,(H,12,13). The highest BCUT2D eigenvalue weighted by molar-refractivity contribution is 5.78. The van der Waals surface area contributed by atoms with Gasteiger partial charge in [0.05, 0.1) is 13.5 Å². The Bertz CT molecular complexity index is 313. The van der Waals surface area contributed by atoms with Crippen LogP contribution in [-0.2, 0) is 11.2 Å². The highest BCUT2D eigenvalue weighted by atomic mass is 16.5. The summed E-state index contributed by atoms with van der Waals surface area (Å²) in [5.74, 6) is 0.695. The molecule has 14 heavy (non-hydrogen) atoms. The van der Waals surface area contributed by atoms with E-state index in [1.54, 1.807) is 14.2 Å². The molecule has 0 heterocycles. The summed E-state index contributed by atoms with van der Waals surface area (Å²) in [6.07, 6.45) is 0.345. The maximum atomic E-state index is 11.2. The first kappa shape index (κ1) is 10.5. The van der Waals surface area contributed by atoms with Gasteiger partial charge < -0.3 is 4.74 Å². The number of methoxy groups -OCH3 is 1. The van der Waals surface area contributed by atoms with Gasteiger partial charge in [0.25, 0.3) is 0 Å². The van der Waals surface area contributed by atoms with E-state index < -0.39 is 0 Å². The van der Waals surface area contributed by atoms with Crippen LogP contribution in [-0.4, -0.2) is 20.1 Å². The molecule has 0 aliphatic heterocycles. The van der Waals surface area contributed by atoms with Crippen LogP contribution in [0.5, 0.6) is 5.75 Å². The molecule has 0 saturated carbocycles. The minimum atomic E-state index is -0.0687. The summed E-state index contributed by atoms with van der Waals surface area (Å²) in [6.45, 7) is 0. The van der Waals surface area contributed by atoms with Gasteiger partial charge in [-0.15, -0.1) is 0 Å². The van der Waals surface area contributed by atoms with Gasteiger partial charge in [0, 0.05) is 7.05 Å². The average molecular weight is 194 g/mol. The van der Waals surface area contributed by atoms with Gasteiger partial charge in [-0.25, -0.2) is 5.43 Å². The zero-order chi connectivity index (χ0) is 10.4. The number of hydrogen-bond acceptors (Lipinski definition) is 3. The third-order valence-corrected chi connectivity index (χ3v) is 1.76. The second-order valence-corrected chi connectivity index (χ2v) is 2.83. The molecule has 1 aromatic rings.